The number of hydrogen-bond acceptors (Lipinski definition) is 4. The molecule has 0 aliphatic carbocycles. The summed E-state index contributed by atoms with van der Waals surface area (Å²) in [6.07, 6.45) is 0.766. The SMILES string of the molecule is O=C1N(CCOc2ccccc2)c2ccc(Cl)cc2C12OCCCO2. The molecular formula is C19H18ClNO4. The second-order valence-corrected chi connectivity index (χ2v) is 6.38. The number of ether oxygens (including phenoxy) is 3. The number of halogens is 1. The molecule has 1 amide bonds. The lowest BCUT2D eigenvalue weighted by atomic mass is 10.1. The van der Waals surface area contributed by atoms with Crippen molar-refractivity contribution in [2.24, 2.45) is 0 Å². The van der Waals surface area contributed by atoms with Gasteiger partial charge < -0.3 is 19.1 Å². The molecule has 1 spiro atoms. The van der Waals surface area contributed by atoms with Gasteiger partial charge in [0.05, 0.1) is 25.4 Å². The number of hydrogen-bond donors (Lipinski definition) is 0. The second-order valence-electron chi connectivity index (χ2n) is 5.95. The monoisotopic (exact) mass is 359 g/mol. The van der Waals surface area contributed by atoms with Gasteiger partial charge in [0.25, 0.3) is 11.7 Å². The Morgan fingerprint density at radius 1 is 1.12 bits per heavy atom. The molecule has 25 heavy (non-hydrogen) atoms. The molecule has 2 aromatic rings. The molecule has 6 heteroatoms. The first kappa shape index (κ1) is 16.4. The average Bonchev–Trinajstić information content (AvgIpc) is 2.86. The molecule has 4 rings (SSSR count). The Morgan fingerprint density at radius 3 is 2.64 bits per heavy atom. The van der Waals surface area contributed by atoms with E-state index in [9.17, 15) is 4.79 Å². The van der Waals surface area contributed by atoms with Crippen LogP contribution in [0.15, 0.2) is 48.5 Å². The van der Waals surface area contributed by atoms with E-state index < -0.39 is 5.79 Å². The number of nitrogens with zero attached hydrogens (tertiary/aromatic N) is 1. The van der Waals surface area contributed by atoms with Crippen molar-refractivity contribution in [2.75, 3.05) is 31.3 Å². The molecule has 0 atom stereocenters. The van der Waals surface area contributed by atoms with Crippen molar-refractivity contribution >= 4 is 23.2 Å². The van der Waals surface area contributed by atoms with Crippen molar-refractivity contribution < 1.29 is 19.0 Å². The fourth-order valence-corrected chi connectivity index (χ4v) is 3.39. The maximum absolute atomic E-state index is 13.1. The minimum Gasteiger partial charge on any atom is -0.492 e. The van der Waals surface area contributed by atoms with Crippen LogP contribution in [0.4, 0.5) is 5.69 Å². The Kier molecular flexibility index (Phi) is 4.37. The summed E-state index contributed by atoms with van der Waals surface area (Å²) in [6, 6.07) is 14.9. The van der Waals surface area contributed by atoms with Crippen LogP contribution in [-0.4, -0.2) is 32.3 Å². The van der Waals surface area contributed by atoms with Crippen LogP contribution in [-0.2, 0) is 20.1 Å². The third kappa shape index (κ3) is 2.88. The van der Waals surface area contributed by atoms with Crippen LogP contribution in [0.5, 0.6) is 5.75 Å². The van der Waals surface area contributed by atoms with E-state index >= 15 is 0 Å². The smallest absolute Gasteiger partial charge is 0.292 e. The highest BCUT2D eigenvalue weighted by molar-refractivity contribution is 6.31. The van der Waals surface area contributed by atoms with Crippen LogP contribution in [0.2, 0.25) is 5.02 Å². The highest BCUT2D eigenvalue weighted by Gasteiger charge is 2.54. The number of rotatable bonds is 4. The fourth-order valence-electron chi connectivity index (χ4n) is 3.21. The van der Waals surface area contributed by atoms with Crippen LogP contribution in [0.25, 0.3) is 0 Å². The minimum atomic E-state index is -1.37. The number of benzene rings is 2. The second kappa shape index (κ2) is 6.67. The molecule has 2 aliphatic rings. The maximum atomic E-state index is 13.1. The molecule has 0 saturated carbocycles. The van der Waals surface area contributed by atoms with E-state index in [1.165, 1.54) is 0 Å². The summed E-state index contributed by atoms with van der Waals surface area (Å²) in [5, 5.41) is 0.547. The molecular weight excluding hydrogens is 342 g/mol. The number of amides is 1. The summed E-state index contributed by atoms with van der Waals surface area (Å²) >= 11 is 6.14. The van der Waals surface area contributed by atoms with Gasteiger partial charge in [-0.3, -0.25) is 4.79 Å². The summed E-state index contributed by atoms with van der Waals surface area (Å²) in [5.74, 6) is -0.822. The molecule has 5 nitrogen and oxygen atoms in total. The van der Waals surface area contributed by atoms with Gasteiger partial charge in [0, 0.05) is 10.6 Å². The zero-order valence-electron chi connectivity index (χ0n) is 13.6. The largest absolute Gasteiger partial charge is 0.492 e. The highest BCUT2D eigenvalue weighted by atomic mass is 35.5. The Labute approximate surface area is 151 Å². The third-order valence-corrected chi connectivity index (χ3v) is 4.59. The zero-order chi connectivity index (χ0) is 17.3. The van der Waals surface area contributed by atoms with Crippen molar-refractivity contribution in [2.45, 2.75) is 12.2 Å². The fraction of sp³-hybridized carbons (Fsp3) is 0.316. The molecule has 2 heterocycles. The standard InChI is InChI=1S/C19H18ClNO4/c20-14-7-8-17-16(13-14)19(24-10-4-11-25-19)18(22)21(17)9-12-23-15-5-2-1-3-6-15/h1-3,5-8,13H,4,9-12H2. The summed E-state index contributed by atoms with van der Waals surface area (Å²) in [7, 11) is 0. The molecule has 2 aromatic carbocycles. The average molecular weight is 360 g/mol. The molecule has 0 aromatic heterocycles. The van der Waals surface area contributed by atoms with E-state index in [1.807, 2.05) is 36.4 Å². The van der Waals surface area contributed by atoms with Gasteiger partial charge in [0.1, 0.15) is 12.4 Å². The first-order valence-corrected chi connectivity index (χ1v) is 8.66. The zero-order valence-corrected chi connectivity index (χ0v) is 14.4. The van der Waals surface area contributed by atoms with Gasteiger partial charge >= 0.3 is 0 Å². The van der Waals surface area contributed by atoms with Crippen LogP contribution >= 0.6 is 11.6 Å². The van der Waals surface area contributed by atoms with Gasteiger partial charge in [-0.15, -0.1) is 0 Å². The lowest BCUT2D eigenvalue weighted by Gasteiger charge is -2.32. The van der Waals surface area contributed by atoms with Crippen molar-refractivity contribution in [3.63, 3.8) is 0 Å². The Hall–Kier alpha value is -2.08. The Bertz CT molecular complexity index is 774. The summed E-state index contributed by atoms with van der Waals surface area (Å²) in [6.45, 7) is 1.73. The molecule has 0 radical (unpaired) electrons. The lowest BCUT2D eigenvalue weighted by molar-refractivity contribution is -0.256. The molecule has 1 saturated heterocycles. The van der Waals surface area contributed by atoms with Gasteiger partial charge in [0.15, 0.2) is 0 Å². The predicted octanol–water partition coefficient (Wildman–Crippen LogP) is 3.36. The molecule has 0 unspecified atom stereocenters. The number of carbonyl (C=O) groups is 1. The highest BCUT2D eigenvalue weighted by Crippen LogP contribution is 2.46. The minimum absolute atomic E-state index is 0.221. The lowest BCUT2D eigenvalue weighted by Crippen LogP contribution is -2.48. The number of carbonyl (C=O) groups excluding carboxylic acids is 1. The first-order chi connectivity index (χ1) is 12.2. The maximum Gasteiger partial charge on any atom is 0.292 e. The van der Waals surface area contributed by atoms with Crippen LogP contribution in [0.3, 0.4) is 0 Å². The topological polar surface area (TPSA) is 48.0 Å². The van der Waals surface area contributed by atoms with E-state index in [1.54, 1.807) is 17.0 Å². The van der Waals surface area contributed by atoms with Crippen molar-refractivity contribution in [3.8, 4) is 5.75 Å². The summed E-state index contributed by atoms with van der Waals surface area (Å²) in [4.78, 5) is 14.7. The quantitative estimate of drug-likeness (QED) is 0.840. The van der Waals surface area contributed by atoms with E-state index in [-0.39, 0.29) is 5.91 Å². The normalized spacial score (nSPS) is 18.4. The predicted molar refractivity (Wildman–Crippen MR) is 93.9 cm³/mol. The first-order valence-electron chi connectivity index (χ1n) is 8.28. The van der Waals surface area contributed by atoms with Gasteiger partial charge in [-0.25, -0.2) is 0 Å². The summed E-state index contributed by atoms with van der Waals surface area (Å²) < 4.78 is 17.3. The van der Waals surface area contributed by atoms with Crippen molar-refractivity contribution in [3.05, 3.63) is 59.1 Å². The van der Waals surface area contributed by atoms with Gasteiger partial charge in [0.2, 0.25) is 0 Å². The van der Waals surface area contributed by atoms with Crippen LogP contribution in [0.1, 0.15) is 12.0 Å². The molecule has 0 bridgehead atoms. The van der Waals surface area contributed by atoms with Crippen LogP contribution < -0.4 is 9.64 Å². The molecule has 1 fully saturated rings. The number of anilines is 1. The Morgan fingerprint density at radius 2 is 1.88 bits per heavy atom. The van der Waals surface area contributed by atoms with Crippen LogP contribution in [0, 0.1) is 0 Å². The van der Waals surface area contributed by atoms with E-state index in [0.29, 0.717) is 37.0 Å². The van der Waals surface area contributed by atoms with Gasteiger partial charge in [-0.2, -0.15) is 0 Å². The number of para-hydroxylation sites is 1. The van der Waals surface area contributed by atoms with Crippen molar-refractivity contribution in [1.29, 1.82) is 0 Å². The van der Waals surface area contributed by atoms with Crippen molar-refractivity contribution in [1.82, 2.24) is 0 Å². The molecule has 2 aliphatic heterocycles. The van der Waals surface area contributed by atoms with E-state index in [4.69, 9.17) is 25.8 Å². The summed E-state index contributed by atoms with van der Waals surface area (Å²) in [5.41, 5.74) is 1.43. The Balaban J connectivity index is 1.57. The van der Waals surface area contributed by atoms with Gasteiger partial charge in [-0.1, -0.05) is 29.8 Å². The van der Waals surface area contributed by atoms with E-state index in [0.717, 1.165) is 17.9 Å². The van der Waals surface area contributed by atoms with Gasteiger partial charge in [-0.05, 0) is 36.8 Å². The van der Waals surface area contributed by atoms with E-state index in [2.05, 4.69) is 0 Å². The molecule has 130 valence electrons. The third-order valence-electron chi connectivity index (χ3n) is 4.36. The number of fused-ring (bicyclic) bond motifs is 2. The molecule has 0 N–H and O–H groups in total.